The normalized spacial score (nSPS) is 9.89. The summed E-state index contributed by atoms with van der Waals surface area (Å²) in [4.78, 5) is 0. The molecule has 0 saturated carbocycles. The molecule has 0 amide bonds. The highest BCUT2D eigenvalue weighted by atomic mass is 35.5. The predicted octanol–water partition coefficient (Wildman–Crippen LogP) is 4.92. The van der Waals surface area contributed by atoms with Crippen LogP contribution < -0.4 is 5.32 Å². The Morgan fingerprint density at radius 1 is 1.11 bits per heavy atom. The number of hydrogen-bond donors (Lipinski definition) is 1. The molecule has 0 fully saturated rings. The Morgan fingerprint density at radius 2 is 1.78 bits per heavy atom. The minimum Gasteiger partial charge on any atom is -0.353 e. The van der Waals surface area contributed by atoms with E-state index in [2.05, 4.69) is 11.4 Å². The lowest BCUT2D eigenvalue weighted by molar-refractivity contribution is 1.39. The summed E-state index contributed by atoms with van der Waals surface area (Å²) in [6.07, 6.45) is 0. The minimum absolute atomic E-state index is 0.560. The van der Waals surface area contributed by atoms with Crippen LogP contribution in [0, 0.1) is 18.3 Å². The number of para-hydroxylation sites is 1. The van der Waals surface area contributed by atoms with Crippen molar-refractivity contribution in [2.24, 2.45) is 0 Å². The topological polar surface area (TPSA) is 35.8 Å². The van der Waals surface area contributed by atoms with Crippen molar-refractivity contribution in [2.45, 2.75) is 6.92 Å². The fourth-order valence-corrected chi connectivity index (χ4v) is 2.12. The molecule has 0 bridgehead atoms. The Morgan fingerprint density at radius 3 is 2.33 bits per heavy atom. The lowest BCUT2D eigenvalue weighted by Gasteiger charge is -2.11. The maximum absolute atomic E-state index is 8.87. The molecular formula is C14H10Cl2N2. The third kappa shape index (κ3) is 2.59. The average Bonchev–Trinajstić information content (AvgIpc) is 2.34. The quantitative estimate of drug-likeness (QED) is 0.845. The second-order valence-corrected chi connectivity index (χ2v) is 4.68. The molecule has 0 aliphatic rings. The molecule has 2 aromatic carbocycles. The van der Waals surface area contributed by atoms with Crippen molar-refractivity contribution < 1.29 is 0 Å². The molecule has 18 heavy (non-hydrogen) atoms. The van der Waals surface area contributed by atoms with Crippen molar-refractivity contribution in [1.82, 2.24) is 0 Å². The van der Waals surface area contributed by atoms with Gasteiger partial charge < -0.3 is 5.32 Å². The summed E-state index contributed by atoms with van der Waals surface area (Å²) in [6.45, 7) is 1.89. The fraction of sp³-hybridized carbons (Fsp3) is 0.0714. The van der Waals surface area contributed by atoms with Crippen LogP contribution in [0.15, 0.2) is 36.4 Å². The Balaban J connectivity index is 2.35. The monoisotopic (exact) mass is 276 g/mol. The third-order valence-electron chi connectivity index (χ3n) is 2.58. The lowest BCUT2D eigenvalue weighted by Crippen LogP contribution is -1.93. The van der Waals surface area contributed by atoms with Crippen LogP contribution in [0.5, 0.6) is 0 Å². The molecule has 0 aliphatic heterocycles. The van der Waals surface area contributed by atoms with Crippen LogP contribution >= 0.6 is 23.2 Å². The van der Waals surface area contributed by atoms with Gasteiger partial charge in [0.05, 0.1) is 27.4 Å². The highest BCUT2D eigenvalue weighted by molar-refractivity contribution is 6.39. The first-order valence-corrected chi connectivity index (χ1v) is 6.09. The van der Waals surface area contributed by atoms with Gasteiger partial charge in [-0.2, -0.15) is 5.26 Å². The average molecular weight is 277 g/mol. The molecule has 0 unspecified atom stereocenters. The summed E-state index contributed by atoms with van der Waals surface area (Å²) in [5, 5.41) is 13.2. The van der Waals surface area contributed by atoms with E-state index in [0.717, 1.165) is 11.3 Å². The van der Waals surface area contributed by atoms with Crippen LogP contribution in [0.4, 0.5) is 11.4 Å². The largest absolute Gasteiger partial charge is 0.353 e. The third-order valence-corrected chi connectivity index (χ3v) is 3.21. The smallest absolute Gasteiger partial charge is 0.0994 e. The first-order valence-electron chi connectivity index (χ1n) is 5.33. The van der Waals surface area contributed by atoms with Gasteiger partial charge in [-0.3, -0.25) is 0 Å². The van der Waals surface area contributed by atoms with Crippen molar-refractivity contribution in [2.75, 3.05) is 5.32 Å². The number of nitrogens with zero attached hydrogens (tertiary/aromatic N) is 1. The molecule has 1 N–H and O–H groups in total. The van der Waals surface area contributed by atoms with Crippen molar-refractivity contribution in [1.29, 1.82) is 5.26 Å². The van der Waals surface area contributed by atoms with Crippen LogP contribution in [-0.4, -0.2) is 0 Å². The molecule has 0 atom stereocenters. The van der Waals surface area contributed by atoms with E-state index in [1.807, 2.05) is 19.1 Å². The Hall–Kier alpha value is -1.69. The molecular weight excluding hydrogens is 267 g/mol. The van der Waals surface area contributed by atoms with Crippen molar-refractivity contribution in [3.05, 3.63) is 57.6 Å². The van der Waals surface area contributed by atoms with Crippen LogP contribution in [0.25, 0.3) is 0 Å². The van der Waals surface area contributed by atoms with Crippen LogP contribution in [0.3, 0.4) is 0 Å². The summed E-state index contributed by atoms with van der Waals surface area (Å²) < 4.78 is 0. The van der Waals surface area contributed by atoms with Gasteiger partial charge in [0.2, 0.25) is 0 Å². The molecule has 0 aliphatic carbocycles. The first kappa shape index (κ1) is 12.8. The summed E-state index contributed by atoms with van der Waals surface area (Å²) in [6, 6.07) is 12.9. The Kier molecular flexibility index (Phi) is 3.76. The van der Waals surface area contributed by atoms with Gasteiger partial charge in [0, 0.05) is 5.69 Å². The van der Waals surface area contributed by atoms with Crippen molar-refractivity contribution in [3.63, 3.8) is 0 Å². The van der Waals surface area contributed by atoms with Gasteiger partial charge in [-0.05, 0) is 42.8 Å². The zero-order valence-corrected chi connectivity index (χ0v) is 11.2. The molecule has 0 heterocycles. The zero-order valence-electron chi connectivity index (χ0n) is 9.67. The molecule has 2 rings (SSSR count). The van der Waals surface area contributed by atoms with Crippen LogP contribution in [-0.2, 0) is 0 Å². The minimum atomic E-state index is 0.560. The molecule has 0 spiro atoms. The highest BCUT2D eigenvalue weighted by Gasteiger charge is 2.06. The Labute approximate surface area is 116 Å². The highest BCUT2D eigenvalue weighted by Crippen LogP contribution is 2.32. The van der Waals surface area contributed by atoms with E-state index >= 15 is 0 Å². The molecule has 2 nitrogen and oxygen atoms in total. The molecule has 0 radical (unpaired) electrons. The molecule has 90 valence electrons. The molecule has 2 aromatic rings. The van der Waals surface area contributed by atoms with Gasteiger partial charge in [0.15, 0.2) is 0 Å². The van der Waals surface area contributed by atoms with E-state index in [1.165, 1.54) is 0 Å². The standard InChI is InChI=1S/C14H10Cl2N2/c1-9-7-11(6-5-10(9)8-17)18-14-12(15)3-2-4-13(14)16/h2-7,18H,1H3. The van der Waals surface area contributed by atoms with E-state index in [9.17, 15) is 0 Å². The number of nitriles is 1. The molecule has 4 heteroatoms. The van der Waals surface area contributed by atoms with Gasteiger partial charge >= 0.3 is 0 Å². The van der Waals surface area contributed by atoms with Gasteiger partial charge in [0.25, 0.3) is 0 Å². The number of anilines is 2. The molecule has 0 aromatic heterocycles. The fourth-order valence-electron chi connectivity index (χ4n) is 1.63. The number of benzene rings is 2. The van der Waals surface area contributed by atoms with E-state index in [4.69, 9.17) is 28.5 Å². The summed E-state index contributed by atoms with van der Waals surface area (Å²) in [5.41, 5.74) is 3.09. The van der Waals surface area contributed by atoms with Gasteiger partial charge in [-0.1, -0.05) is 29.3 Å². The van der Waals surface area contributed by atoms with Gasteiger partial charge in [-0.15, -0.1) is 0 Å². The van der Waals surface area contributed by atoms with Gasteiger partial charge in [0.1, 0.15) is 0 Å². The van der Waals surface area contributed by atoms with E-state index in [0.29, 0.717) is 21.3 Å². The predicted molar refractivity (Wildman–Crippen MR) is 75.6 cm³/mol. The summed E-state index contributed by atoms with van der Waals surface area (Å²) in [5.74, 6) is 0. The Bertz CT molecular complexity index is 610. The number of hydrogen-bond acceptors (Lipinski definition) is 2. The van der Waals surface area contributed by atoms with E-state index < -0.39 is 0 Å². The zero-order chi connectivity index (χ0) is 13.1. The van der Waals surface area contributed by atoms with Crippen LogP contribution in [0.2, 0.25) is 10.0 Å². The summed E-state index contributed by atoms with van der Waals surface area (Å²) in [7, 11) is 0. The maximum atomic E-state index is 8.87. The van der Waals surface area contributed by atoms with Gasteiger partial charge in [-0.25, -0.2) is 0 Å². The number of rotatable bonds is 2. The molecule has 0 saturated heterocycles. The second kappa shape index (κ2) is 5.30. The van der Waals surface area contributed by atoms with Crippen molar-refractivity contribution in [3.8, 4) is 6.07 Å². The summed E-state index contributed by atoms with van der Waals surface area (Å²) >= 11 is 12.2. The van der Waals surface area contributed by atoms with E-state index in [-0.39, 0.29) is 0 Å². The number of nitrogens with one attached hydrogen (secondary N) is 1. The number of aryl methyl sites for hydroxylation is 1. The lowest BCUT2D eigenvalue weighted by atomic mass is 10.1. The van der Waals surface area contributed by atoms with Crippen molar-refractivity contribution >= 4 is 34.6 Å². The second-order valence-electron chi connectivity index (χ2n) is 3.86. The maximum Gasteiger partial charge on any atom is 0.0994 e. The van der Waals surface area contributed by atoms with Crippen LogP contribution in [0.1, 0.15) is 11.1 Å². The number of halogens is 2. The first-order chi connectivity index (χ1) is 8.61. The SMILES string of the molecule is Cc1cc(Nc2c(Cl)cccc2Cl)ccc1C#N. The van der Waals surface area contributed by atoms with E-state index in [1.54, 1.807) is 24.3 Å².